The fraction of sp³-hybridized carbons (Fsp3) is 0.417. The van der Waals surface area contributed by atoms with E-state index < -0.39 is 29.0 Å². The maximum absolute atomic E-state index is 12.9. The highest BCUT2D eigenvalue weighted by Gasteiger charge is 2.15. The first-order valence-corrected chi connectivity index (χ1v) is 5.44. The molecule has 0 saturated heterocycles. The average Bonchev–Trinajstić information content (AvgIpc) is 2.39. The molecule has 7 heteroatoms. The molecule has 0 aliphatic carbocycles. The molecule has 0 heterocycles. The van der Waals surface area contributed by atoms with E-state index in [0.717, 1.165) is 0 Å². The van der Waals surface area contributed by atoms with Crippen molar-refractivity contribution in [3.8, 4) is 0 Å². The van der Waals surface area contributed by atoms with Gasteiger partial charge in [-0.3, -0.25) is 0 Å². The average molecular weight is 278 g/mol. The number of esters is 1. The molecule has 0 unspecified atom stereocenters. The van der Waals surface area contributed by atoms with Gasteiger partial charge in [-0.05, 0) is 12.1 Å². The highest BCUT2D eigenvalue weighted by molar-refractivity contribution is 5.89. The van der Waals surface area contributed by atoms with Crippen LogP contribution in [0.25, 0.3) is 0 Å². The summed E-state index contributed by atoms with van der Waals surface area (Å²) >= 11 is 0. The van der Waals surface area contributed by atoms with E-state index in [4.69, 9.17) is 14.2 Å². The Morgan fingerprint density at radius 1 is 1.05 bits per heavy atom. The molecular weight excluding hydrogens is 265 g/mol. The molecule has 0 saturated carbocycles. The molecule has 4 nitrogen and oxygen atoms in total. The van der Waals surface area contributed by atoms with Crippen molar-refractivity contribution >= 4 is 5.97 Å². The summed E-state index contributed by atoms with van der Waals surface area (Å²) in [5.74, 6) is -5.46. The first-order chi connectivity index (χ1) is 9.06. The lowest BCUT2D eigenvalue weighted by Gasteiger charge is -2.06. The molecule has 0 atom stereocenters. The maximum Gasteiger partial charge on any atom is 0.338 e. The Morgan fingerprint density at radius 2 is 1.63 bits per heavy atom. The Hall–Kier alpha value is -1.60. The largest absolute Gasteiger partial charge is 0.460 e. The highest BCUT2D eigenvalue weighted by atomic mass is 19.2. The van der Waals surface area contributed by atoms with Crippen molar-refractivity contribution in [2.45, 2.75) is 0 Å². The van der Waals surface area contributed by atoms with Crippen LogP contribution < -0.4 is 0 Å². The minimum Gasteiger partial charge on any atom is -0.460 e. The first kappa shape index (κ1) is 15.5. The molecule has 0 aliphatic rings. The van der Waals surface area contributed by atoms with Crippen LogP contribution in [0.15, 0.2) is 12.1 Å². The van der Waals surface area contributed by atoms with Crippen molar-refractivity contribution in [1.29, 1.82) is 0 Å². The number of hydrogen-bond acceptors (Lipinski definition) is 4. The van der Waals surface area contributed by atoms with Gasteiger partial charge in [-0.1, -0.05) is 0 Å². The second kappa shape index (κ2) is 7.75. The third-order valence-corrected chi connectivity index (χ3v) is 2.11. The Balaban J connectivity index is 2.42. The highest BCUT2D eigenvalue weighted by Crippen LogP contribution is 2.14. The number of methoxy groups -OCH3 is 1. The second-order valence-corrected chi connectivity index (χ2v) is 3.49. The van der Waals surface area contributed by atoms with E-state index in [1.165, 1.54) is 7.11 Å². The number of ether oxygens (including phenoxy) is 3. The van der Waals surface area contributed by atoms with Gasteiger partial charge in [0.25, 0.3) is 0 Å². The summed E-state index contributed by atoms with van der Waals surface area (Å²) in [5, 5.41) is 0. The van der Waals surface area contributed by atoms with Gasteiger partial charge in [-0.25, -0.2) is 18.0 Å². The molecule has 0 amide bonds. The fourth-order valence-corrected chi connectivity index (χ4v) is 1.19. The van der Waals surface area contributed by atoms with Crippen LogP contribution in [0, 0.1) is 17.5 Å². The minimum atomic E-state index is -1.63. The lowest BCUT2D eigenvalue weighted by atomic mass is 10.2. The summed E-state index contributed by atoms with van der Waals surface area (Å²) in [4.78, 5) is 11.4. The van der Waals surface area contributed by atoms with E-state index >= 15 is 0 Å². The molecule has 1 aromatic carbocycles. The Morgan fingerprint density at radius 3 is 2.21 bits per heavy atom. The molecule has 0 N–H and O–H groups in total. The van der Waals surface area contributed by atoms with Gasteiger partial charge in [0.05, 0.1) is 25.4 Å². The molecule has 0 aromatic heterocycles. The van der Waals surface area contributed by atoms with E-state index in [2.05, 4.69) is 0 Å². The quantitative estimate of drug-likeness (QED) is 0.434. The molecule has 1 rings (SSSR count). The van der Waals surface area contributed by atoms with E-state index in [-0.39, 0.29) is 13.2 Å². The molecule has 0 bridgehead atoms. The molecular formula is C12H13F3O4. The van der Waals surface area contributed by atoms with Gasteiger partial charge < -0.3 is 14.2 Å². The Labute approximate surface area is 108 Å². The number of hydrogen-bond donors (Lipinski definition) is 0. The second-order valence-electron chi connectivity index (χ2n) is 3.49. The van der Waals surface area contributed by atoms with Gasteiger partial charge in [-0.15, -0.1) is 0 Å². The van der Waals surface area contributed by atoms with Crippen LogP contribution in [0.5, 0.6) is 0 Å². The van der Waals surface area contributed by atoms with Gasteiger partial charge in [-0.2, -0.15) is 0 Å². The van der Waals surface area contributed by atoms with Crippen LogP contribution in [0.2, 0.25) is 0 Å². The van der Waals surface area contributed by atoms with Gasteiger partial charge in [0.15, 0.2) is 17.5 Å². The van der Waals surface area contributed by atoms with Gasteiger partial charge in [0.1, 0.15) is 6.61 Å². The third-order valence-electron chi connectivity index (χ3n) is 2.11. The van der Waals surface area contributed by atoms with Crippen molar-refractivity contribution in [2.24, 2.45) is 0 Å². The normalized spacial score (nSPS) is 10.5. The molecule has 0 fully saturated rings. The van der Waals surface area contributed by atoms with Crippen LogP contribution in [0.4, 0.5) is 13.2 Å². The fourth-order valence-electron chi connectivity index (χ4n) is 1.19. The van der Waals surface area contributed by atoms with Gasteiger partial charge in [0.2, 0.25) is 0 Å². The van der Waals surface area contributed by atoms with Crippen LogP contribution >= 0.6 is 0 Å². The monoisotopic (exact) mass is 278 g/mol. The SMILES string of the molecule is COCCOCCOC(=O)c1cc(F)c(F)c(F)c1. The summed E-state index contributed by atoms with van der Waals surface area (Å²) in [6, 6.07) is 1.15. The zero-order chi connectivity index (χ0) is 14.3. The van der Waals surface area contributed by atoms with Crippen molar-refractivity contribution in [2.75, 3.05) is 33.5 Å². The Bertz CT molecular complexity index is 414. The Kier molecular flexibility index (Phi) is 6.31. The molecule has 1 aromatic rings. The summed E-state index contributed by atoms with van der Waals surface area (Å²) in [6.45, 7) is 0.792. The molecule has 0 spiro atoms. The summed E-state index contributed by atoms with van der Waals surface area (Å²) in [6.07, 6.45) is 0. The molecule has 0 radical (unpaired) electrons. The van der Waals surface area contributed by atoms with Crippen LogP contribution in [-0.2, 0) is 14.2 Å². The maximum atomic E-state index is 12.9. The number of carbonyl (C=O) groups is 1. The zero-order valence-corrected chi connectivity index (χ0v) is 10.3. The predicted molar refractivity (Wildman–Crippen MR) is 59.3 cm³/mol. The van der Waals surface area contributed by atoms with Crippen molar-refractivity contribution in [1.82, 2.24) is 0 Å². The van der Waals surface area contributed by atoms with E-state index in [1.54, 1.807) is 0 Å². The minimum absolute atomic E-state index is 0.0802. The smallest absolute Gasteiger partial charge is 0.338 e. The molecule has 0 aliphatic heterocycles. The number of halogens is 3. The van der Waals surface area contributed by atoms with Gasteiger partial charge in [0, 0.05) is 7.11 Å². The van der Waals surface area contributed by atoms with Crippen molar-refractivity contribution < 1.29 is 32.2 Å². The van der Waals surface area contributed by atoms with E-state index in [0.29, 0.717) is 25.3 Å². The molecule has 19 heavy (non-hydrogen) atoms. The zero-order valence-electron chi connectivity index (χ0n) is 10.3. The summed E-state index contributed by atoms with van der Waals surface area (Å²) in [7, 11) is 1.51. The van der Waals surface area contributed by atoms with Crippen molar-refractivity contribution in [3.05, 3.63) is 35.1 Å². The number of carbonyl (C=O) groups excluding carboxylic acids is 1. The molecule has 106 valence electrons. The third kappa shape index (κ3) is 4.88. The van der Waals surface area contributed by atoms with Crippen molar-refractivity contribution in [3.63, 3.8) is 0 Å². The summed E-state index contributed by atoms with van der Waals surface area (Å²) in [5.41, 5.74) is -0.395. The first-order valence-electron chi connectivity index (χ1n) is 5.44. The van der Waals surface area contributed by atoms with E-state index in [9.17, 15) is 18.0 Å². The van der Waals surface area contributed by atoms with Crippen LogP contribution in [-0.4, -0.2) is 39.5 Å². The standard InChI is InChI=1S/C12H13F3O4/c1-17-2-3-18-4-5-19-12(16)8-6-9(13)11(15)10(14)7-8/h6-7H,2-5H2,1H3. The number of benzene rings is 1. The summed E-state index contributed by atoms with van der Waals surface area (Å²) < 4.78 is 52.8. The van der Waals surface area contributed by atoms with Crippen LogP contribution in [0.1, 0.15) is 10.4 Å². The number of rotatable bonds is 7. The lowest BCUT2D eigenvalue weighted by Crippen LogP contribution is -2.13. The lowest BCUT2D eigenvalue weighted by molar-refractivity contribution is 0.0213. The van der Waals surface area contributed by atoms with Gasteiger partial charge >= 0.3 is 5.97 Å². The van der Waals surface area contributed by atoms with E-state index in [1.807, 2.05) is 0 Å². The van der Waals surface area contributed by atoms with Crippen LogP contribution in [0.3, 0.4) is 0 Å². The topological polar surface area (TPSA) is 44.8 Å². The predicted octanol–water partition coefficient (Wildman–Crippen LogP) is 1.92.